The van der Waals surface area contributed by atoms with Gasteiger partial charge >= 0.3 is 0 Å². The van der Waals surface area contributed by atoms with E-state index in [2.05, 4.69) is 24.0 Å². The van der Waals surface area contributed by atoms with Gasteiger partial charge in [0.05, 0.1) is 16.9 Å². The van der Waals surface area contributed by atoms with E-state index in [1.54, 1.807) is 6.20 Å². The Bertz CT molecular complexity index is 287. The van der Waals surface area contributed by atoms with Crippen molar-refractivity contribution in [3.8, 4) is 0 Å². The Morgan fingerprint density at radius 1 is 1.54 bits per heavy atom. The smallest absolute Gasteiger partial charge is 0.0818 e. The zero-order chi connectivity index (χ0) is 9.42. The van der Waals surface area contributed by atoms with Gasteiger partial charge in [0.15, 0.2) is 0 Å². The fourth-order valence-electron chi connectivity index (χ4n) is 2.08. The van der Waals surface area contributed by atoms with Crippen molar-refractivity contribution in [2.24, 2.45) is 11.8 Å². The number of rotatable bonds is 3. The van der Waals surface area contributed by atoms with Crippen LogP contribution in [0.3, 0.4) is 0 Å². The van der Waals surface area contributed by atoms with E-state index >= 15 is 0 Å². The predicted molar refractivity (Wildman–Crippen MR) is 53.9 cm³/mol. The lowest BCUT2D eigenvalue weighted by Gasteiger charge is -2.18. The van der Waals surface area contributed by atoms with Crippen molar-refractivity contribution in [1.82, 2.24) is 10.2 Å². The normalized spacial score (nSPS) is 19.4. The number of nitrogens with one attached hydrogen (secondary N) is 1. The third-order valence-electron chi connectivity index (χ3n) is 2.80. The lowest BCUT2D eigenvalue weighted by molar-refractivity contribution is 0.440. The summed E-state index contributed by atoms with van der Waals surface area (Å²) in [6.07, 6.45) is 4.39. The van der Waals surface area contributed by atoms with Crippen LogP contribution in [0, 0.1) is 11.8 Å². The fraction of sp³-hybridized carbons (Fsp3) is 0.700. The second kappa shape index (κ2) is 3.33. The van der Waals surface area contributed by atoms with Crippen LogP contribution in [0.2, 0.25) is 5.02 Å². The average Bonchev–Trinajstić information content (AvgIpc) is 2.78. The molecule has 1 aromatic rings. The summed E-state index contributed by atoms with van der Waals surface area (Å²) in [5.41, 5.74) is 1.14. The van der Waals surface area contributed by atoms with Crippen LogP contribution in [0.25, 0.3) is 0 Å². The minimum Gasteiger partial charge on any atom is -0.281 e. The molecular weight excluding hydrogens is 184 g/mol. The van der Waals surface area contributed by atoms with Gasteiger partial charge in [-0.3, -0.25) is 5.10 Å². The van der Waals surface area contributed by atoms with Gasteiger partial charge in [-0.15, -0.1) is 0 Å². The van der Waals surface area contributed by atoms with E-state index in [0.29, 0.717) is 11.8 Å². The Balaban J connectivity index is 2.24. The maximum absolute atomic E-state index is 6.06. The minimum absolute atomic E-state index is 0.579. The van der Waals surface area contributed by atoms with Crippen LogP contribution >= 0.6 is 11.6 Å². The van der Waals surface area contributed by atoms with E-state index in [9.17, 15) is 0 Å². The Morgan fingerprint density at radius 3 is 2.62 bits per heavy atom. The number of aromatic nitrogens is 2. The summed E-state index contributed by atoms with van der Waals surface area (Å²) in [6, 6.07) is 0. The van der Waals surface area contributed by atoms with Gasteiger partial charge in [-0.2, -0.15) is 5.10 Å². The summed E-state index contributed by atoms with van der Waals surface area (Å²) in [4.78, 5) is 0. The van der Waals surface area contributed by atoms with Gasteiger partial charge in [0.2, 0.25) is 0 Å². The van der Waals surface area contributed by atoms with Crippen LogP contribution in [0.4, 0.5) is 0 Å². The molecule has 1 atom stereocenters. The third kappa shape index (κ3) is 1.73. The van der Waals surface area contributed by atoms with Crippen molar-refractivity contribution in [1.29, 1.82) is 0 Å². The van der Waals surface area contributed by atoms with E-state index in [4.69, 9.17) is 11.6 Å². The molecule has 0 aliphatic heterocycles. The molecule has 3 heteroatoms. The highest BCUT2D eigenvalue weighted by molar-refractivity contribution is 6.31. The van der Waals surface area contributed by atoms with Crippen molar-refractivity contribution < 1.29 is 0 Å². The van der Waals surface area contributed by atoms with Crippen molar-refractivity contribution in [2.75, 3.05) is 0 Å². The van der Waals surface area contributed by atoms with Crippen LogP contribution < -0.4 is 0 Å². The van der Waals surface area contributed by atoms with E-state index < -0.39 is 0 Å². The fourth-order valence-corrected chi connectivity index (χ4v) is 2.30. The molecule has 1 saturated carbocycles. The monoisotopic (exact) mass is 198 g/mol. The lowest BCUT2D eigenvalue weighted by atomic mass is 9.88. The molecule has 0 spiro atoms. The molecule has 0 saturated heterocycles. The third-order valence-corrected chi connectivity index (χ3v) is 3.10. The first-order chi connectivity index (χ1) is 6.20. The van der Waals surface area contributed by atoms with Gasteiger partial charge in [0, 0.05) is 5.92 Å². The summed E-state index contributed by atoms with van der Waals surface area (Å²) in [7, 11) is 0. The molecule has 0 amide bonds. The molecular formula is C10H15ClN2. The molecule has 0 aromatic carbocycles. The van der Waals surface area contributed by atoms with Gasteiger partial charge < -0.3 is 0 Å². The van der Waals surface area contributed by atoms with Crippen molar-refractivity contribution in [3.05, 3.63) is 16.9 Å². The van der Waals surface area contributed by atoms with Crippen molar-refractivity contribution >= 4 is 11.6 Å². The number of H-pyrrole nitrogens is 1. The molecule has 2 nitrogen and oxygen atoms in total. The highest BCUT2D eigenvalue weighted by atomic mass is 35.5. The maximum atomic E-state index is 6.06. The zero-order valence-corrected chi connectivity index (χ0v) is 8.80. The topological polar surface area (TPSA) is 28.7 Å². The van der Waals surface area contributed by atoms with E-state index in [1.807, 2.05) is 0 Å². The number of aromatic amines is 1. The first-order valence-electron chi connectivity index (χ1n) is 4.89. The summed E-state index contributed by atoms with van der Waals surface area (Å²) >= 11 is 6.06. The van der Waals surface area contributed by atoms with Gasteiger partial charge in [-0.05, 0) is 24.7 Å². The van der Waals surface area contributed by atoms with Gasteiger partial charge in [-0.1, -0.05) is 25.4 Å². The SMILES string of the molecule is CC(C)C(c1[nH]ncc1Cl)C1CC1. The molecule has 1 heterocycles. The highest BCUT2D eigenvalue weighted by Gasteiger charge is 2.36. The van der Waals surface area contributed by atoms with Crippen LogP contribution in [-0.4, -0.2) is 10.2 Å². The Morgan fingerprint density at radius 2 is 2.23 bits per heavy atom. The summed E-state index contributed by atoms with van der Waals surface area (Å²) in [5, 5.41) is 7.80. The van der Waals surface area contributed by atoms with E-state index in [0.717, 1.165) is 16.6 Å². The summed E-state index contributed by atoms with van der Waals surface area (Å²) in [5.74, 6) is 2.05. The molecule has 1 aliphatic carbocycles. The molecule has 1 aliphatic rings. The first-order valence-corrected chi connectivity index (χ1v) is 5.26. The Hall–Kier alpha value is -0.500. The highest BCUT2D eigenvalue weighted by Crippen LogP contribution is 2.47. The van der Waals surface area contributed by atoms with Gasteiger partial charge in [0.25, 0.3) is 0 Å². The minimum atomic E-state index is 0.579. The van der Waals surface area contributed by atoms with Crippen molar-refractivity contribution in [2.45, 2.75) is 32.6 Å². The lowest BCUT2D eigenvalue weighted by Crippen LogP contribution is -2.10. The predicted octanol–water partition coefficient (Wildman–Crippen LogP) is 3.21. The van der Waals surface area contributed by atoms with E-state index in [-0.39, 0.29) is 0 Å². The first kappa shape index (κ1) is 9.07. The summed E-state index contributed by atoms with van der Waals surface area (Å²) < 4.78 is 0. The molecule has 72 valence electrons. The molecule has 13 heavy (non-hydrogen) atoms. The molecule has 1 N–H and O–H groups in total. The zero-order valence-electron chi connectivity index (χ0n) is 8.05. The molecule has 1 aromatic heterocycles. The molecule has 0 radical (unpaired) electrons. The number of hydrogen-bond acceptors (Lipinski definition) is 1. The van der Waals surface area contributed by atoms with Crippen LogP contribution in [0.15, 0.2) is 6.20 Å². The number of nitrogens with zero attached hydrogens (tertiary/aromatic N) is 1. The Kier molecular flexibility index (Phi) is 2.33. The van der Waals surface area contributed by atoms with Gasteiger partial charge in [0.1, 0.15) is 0 Å². The van der Waals surface area contributed by atoms with Crippen LogP contribution in [0.1, 0.15) is 38.3 Å². The van der Waals surface area contributed by atoms with E-state index in [1.165, 1.54) is 12.8 Å². The second-order valence-electron chi connectivity index (χ2n) is 4.24. The molecule has 1 unspecified atom stereocenters. The van der Waals surface area contributed by atoms with Crippen molar-refractivity contribution in [3.63, 3.8) is 0 Å². The largest absolute Gasteiger partial charge is 0.281 e. The Labute approximate surface area is 83.7 Å². The second-order valence-corrected chi connectivity index (χ2v) is 4.65. The molecule has 0 bridgehead atoms. The maximum Gasteiger partial charge on any atom is 0.0818 e. The number of hydrogen-bond donors (Lipinski definition) is 1. The standard InChI is InChI=1S/C10H15ClN2/c1-6(2)9(7-3-4-7)10-8(11)5-12-13-10/h5-7,9H,3-4H2,1-2H3,(H,12,13). The quantitative estimate of drug-likeness (QED) is 0.794. The average molecular weight is 199 g/mol. The van der Waals surface area contributed by atoms with Gasteiger partial charge in [-0.25, -0.2) is 0 Å². The van der Waals surface area contributed by atoms with Crippen LogP contribution in [-0.2, 0) is 0 Å². The summed E-state index contributed by atoms with van der Waals surface area (Å²) in [6.45, 7) is 4.50. The number of halogens is 1. The molecule has 2 rings (SSSR count). The van der Waals surface area contributed by atoms with Crippen LogP contribution in [0.5, 0.6) is 0 Å². The molecule has 1 fully saturated rings.